The molecular weight excluding hydrogens is 307 g/mol. The van der Waals surface area contributed by atoms with Crippen molar-refractivity contribution in [3.05, 3.63) is 67.3 Å². The minimum absolute atomic E-state index is 0.226. The van der Waals surface area contributed by atoms with Crippen molar-refractivity contribution in [3.63, 3.8) is 0 Å². The first-order valence-corrected chi connectivity index (χ1v) is 5.61. The molecule has 0 fully saturated rings. The van der Waals surface area contributed by atoms with Crippen LogP contribution < -0.4 is 5.56 Å². The Morgan fingerprint density at radius 3 is 2.67 bits per heavy atom. The minimum Gasteiger partial charge on any atom is -0.283 e. The number of rotatable bonds is 2. The molecule has 18 heavy (non-hydrogen) atoms. The standard InChI is InChI=1S/C11H6BrFN2O3/c12-8-2-1-5-14(11(8)16)7-3-4-10(15(17)18)9(13)6-7/h1-6H. The number of hydrogen-bond acceptors (Lipinski definition) is 3. The molecule has 1 aromatic carbocycles. The van der Waals surface area contributed by atoms with Gasteiger partial charge in [0.1, 0.15) is 0 Å². The number of hydrogen-bond donors (Lipinski definition) is 0. The highest BCUT2D eigenvalue weighted by atomic mass is 79.9. The van der Waals surface area contributed by atoms with Crippen LogP contribution in [0.1, 0.15) is 0 Å². The summed E-state index contributed by atoms with van der Waals surface area (Å²) in [6.45, 7) is 0. The zero-order valence-corrected chi connectivity index (χ0v) is 10.4. The quantitative estimate of drug-likeness (QED) is 0.632. The molecule has 0 bridgehead atoms. The summed E-state index contributed by atoms with van der Waals surface area (Å²) in [6.07, 6.45) is 1.45. The highest BCUT2D eigenvalue weighted by Crippen LogP contribution is 2.19. The van der Waals surface area contributed by atoms with Crippen LogP contribution in [0.3, 0.4) is 0 Å². The lowest BCUT2D eigenvalue weighted by atomic mass is 10.2. The average Bonchev–Trinajstić information content (AvgIpc) is 2.32. The van der Waals surface area contributed by atoms with Gasteiger partial charge in [0.15, 0.2) is 0 Å². The van der Waals surface area contributed by atoms with E-state index in [0.29, 0.717) is 4.47 Å². The zero-order valence-electron chi connectivity index (χ0n) is 8.84. The van der Waals surface area contributed by atoms with Crippen molar-refractivity contribution >= 4 is 21.6 Å². The molecule has 0 unspecified atom stereocenters. The molecule has 1 heterocycles. The number of benzene rings is 1. The van der Waals surface area contributed by atoms with E-state index < -0.39 is 16.4 Å². The summed E-state index contributed by atoms with van der Waals surface area (Å²) in [5, 5.41) is 10.5. The van der Waals surface area contributed by atoms with E-state index >= 15 is 0 Å². The second-order valence-electron chi connectivity index (χ2n) is 3.42. The summed E-state index contributed by atoms with van der Waals surface area (Å²) in [7, 11) is 0. The van der Waals surface area contributed by atoms with E-state index in [9.17, 15) is 19.3 Å². The SMILES string of the molecule is O=c1c(Br)cccn1-c1ccc([N+](=O)[O-])c(F)c1. The van der Waals surface area contributed by atoms with E-state index in [1.165, 1.54) is 16.8 Å². The van der Waals surface area contributed by atoms with Crippen molar-refractivity contribution < 1.29 is 9.31 Å². The molecule has 7 heteroatoms. The van der Waals surface area contributed by atoms with Gasteiger partial charge in [-0.15, -0.1) is 0 Å². The molecule has 2 aromatic rings. The normalized spacial score (nSPS) is 10.3. The second kappa shape index (κ2) is 4.69. The molecule has 0 spiro atoms. The first-order chi connectivity index (χ1) is 8.50. The Hall–Kier alpha value is -2.02. The van der Waals surface area contributed by atoms with Crippen LogP contribution >= 0.6 is 15.9 Å². The molecule has 0 saturated carbocycles. The number of nitrogens with zero attached hydrogens (tertiary/aromatic N) is 2. The Morgan fingerprint density at radius 2 is 2.06 bits per heavy atom. The van der Waals surface area contributed by atoms with Crippen molar-refractivity contribution in [1.82, 2.24) is 4.57 Å². The Balaban J connectivity index is 2.60. The summed E-state index contributed by atoms with van der Waals surface area (Å²) >= 11 is 3.06. The summed E-state index contributed by atoms with van der Waals surface area (Å²) in [4.78, 5) is 21.4. The predicted molar refractivity (Wildman–Crippen MR) is 66.4 cm³/mol. The lowest BCUT2D eigenvalue weighted by Crippen LogP contribution is -2.17. The smallest absolute Gasteiger partial charge is 0.283 e. The fourth-order valence-corrected chi connectivity index (χ4v) is 1.81. The molecule has 92 valence electrons. The lowest BCUT2D eigenvalue weighted by Gasteiger charge is -2.05. The van der Waals surface area contributed by atoms with Crippen LogP contribution in [0.25, 0.3) is 5.69 Å². The van der Waals surface area contributed by atoms with E-state index in [0.717, 1.165) is 12.1 Å². The highest BCUT2D eigenvalue weighted by Gasteiger charge is 2.14. The average molecular weight is 313 g/mol. The van der Waals surface area contributed by atoms with E-state index in [2.05, 4.69) is 15.9 Å². The second-order valence-corrected chi connectivity index (χ2v) is 4.28. The molecule has 0 amide bonds. The van der Waals surface area contributed by atoms with Crippen LogP contribution in [0.15, 0.2) is 45.8 Å². The number of halogens is 2. The first-order valence-electron chi connectivity index (χ1n) is 4.82. The van der Waals surface area contributed by atoms with Gasteiger partial charge in [0.05, 0.1) is 15.1 Å². The Kier molecular flexibility index (Phi) is 3.24. The Morgan fingerprint density at radius 1 is 1.33 bits per heavy atom. The van der Waals surface area contributed by atoms with Crippen molar-refractivity contribution in [2.75, 3.05) is 0 Å². The Labute approximate surface area is 109 Å². The fourth-order valence-electron chi connectivity index (χ4n) is 1.46. The largest absolute Gasteiger partial charge is 0.304 e. The van der Waals surface area contributed by atoms with Crippen molar-refractivity contribution in [2.45, 2.75) is 0 Å². The van der Waals surface area contributed by atoms with Crippen molar-refractivity contribution in [3.8, 4) is 5.69 Å². The molecular formula is C11H6BrFN2O3. The molecule has 5 nitrogen and oxygen atoms in total. The molecule has 0 N–H and O–H groups in total. The fraction of sp³-hybridized carbons (Fsp3) is 0. The zero-order chi connectivity index (χ0) is 13.3. The number of nitro benzene ring substituents is 1. The van der Waals surface area contributed by atoms with Crippen molar-refractivity contribution in [2.24, 2.45) is 0 Å². The van der Waals surface area contributed by atoms with Gasteiger partial charge in [-0.2, -0.15) is 4.39 Å². The van der Waals surface area contributed by atoms with Gasteiger partial charge in [-0.25, -0.2) is 0 Å². The number of pyridine rings is 1. The van der Waals surface area contributed by atoms with Crippen LogP contribution in [-0.2, 0) is 0 Å². The number of nitro groups is 1. The van der Waals surface area contributed by atoms with Gasteiger partial charge in [-0.05, 0) is 34.1 Å². The van der Waals surface area contributed by atoms with E-state index in [-0.39, 0.29) is 11.2 Å². The van der Waals surface area contributed by atoms with Gasteiger partial charge < -0.3 is 0 Å². The molecule has 2 rings (SSSR count). The van der Waals surface area contributed by atoms with Crippen LogP contribution in [0, 0.1) is 15.9 Å². The molecule has 0 saturated heterocycles. The third-order valence-electron chi connectivity index (χ3n) is 2.31. The Bertz CT molecular complexity index is 684. The topological polar surface area (TPSA) is 65.1 Å². The molecule has 0 radical (unpaired) electrons. The van der Waals surface area contributed by atoms with E-state index in [4.69, 9.17) is 0 Å². The summed E-state index contributed by atoms with van der Waals surface area (Å²) < 4.78 is 15.0. The number of aromatic nitrogens is 1. The van der Waals surface area contributed by atoms with Gasteiger partial charge in [-0.1, -0.05) is 0 Å². The maximum Gasteiger partial charge on any atom is 0.304 e. The molecule has 0 aliphatic carbocycles. The van der Waals surface area contributed by atoms with Crippen LogP contribution in [-0.4, -0.2) is 9.49 Å². The first kappa shape index (κ1) is 12.4. The molecule has 0 aliphatic heterocycles. The van der Waals surface area contributed by atoms with Gasteiger partial charge in [-0.3, -0.25) is 19.5 Å². The molecule has 1 aromatic heterocycles. The van der Waals surface area contributed by atoms with Crippen molar-refractivity contribution in [1.29, 1.82) is 0 Å². The molecule has 0 aliphatic rings. The van der Waals surface area contributed by atoms with E-state index in [1.807, 2.05) is 0 Å². The maximum atomic E-state index is 13.5. The highest BCUT2D eigenvalue weighted by molar-refractivity contribution is 9.10. The lowest BCUT2D eigenvalue weighted by molar-refractivity contribution is -0.387. The molecule has 0 atom stereocenters. The monoisotopic (exact) mass is 312 g/mol. The predicted octanol–water partition coefficient (Wildman–Crippen LogP) is 2.65. The summed E-state index contributed by atoms with van der Waals surface area (Å²) in [6, 6.07) is 6.45. The maximum absolute atomic E-state index is 13.5. The van der Waals surface area contributed by atoms with Crippen LogP contribution in [0.5, 0.6) is 0 Å². The van der Waals surface area contributed by atoms with Gasteiger partial charge in [0.2, 0.25) is 5.82 Å². The summed E-state index contributed by atoms with van der Waals surface area (Å²) in [5.74, 6) is -0.982. The van der Waals surface area contributed by atoms with Crippen LogP contribution in [0.2, 0.25) is 0 Å². The summed E-state index contributed by atoms with van der Waals surface area (Å²) in [5.41, 5.74) is -0.767. The minimum atomic E-state index is -0.982. The van der Waals surface area contributed by atoms with Crippen LogP contribution in [0.4, 0.5) is 10.1 Å². The van der Waals surface area contributed by atoms with E-state index in [1.54, 1.807) is 12.1 Å². The van der Waals surface area contributed by atoms with Gasteiger partial charge in [0, 0.05) is 18.3 Å². The van der Waals surface area contributed by atoms with Gasteiger partial charge in [0.25, 0.3) is 5.56 Å². The third kappa shape index (κ3) is 2.17. The van der Waals surface area contributed by atoms with Gasteiger partial charge >= 0.3 is 5.69 Å². The third-order valence-corrected chi connectivity index (χ3v) is 2.91.